The summed E-state index contributed by atoms with van der Waals surface area (Å²) in [6, 6.07) is 1.31. The van der Waals surface area contributed by atoms with Gasteiger partial charge >= 0.3 is 0 Å². The molecule has 19 heavy (non-hydrogen) atoms. The second-order valence-corrected chi connectivity index (χ2v) is 5.55. The van der Waals surface area contributed by atoms with Crippen molar-refractivity contribution in [3.8, 4) is 0 Å². The molecule has 0 N–H and O–H groups in total. The summed E-state index contributed by atoms with van der Waals surface area (Å²) in [4.78, 5) is 24.2. The molecule has 1 fully saturated rings. The molecule has 2 unspecified atom stereocenters. The SMILES string of the molecule is CC1CCN(C(=O)c2cc([N+](=O)[O-])cn2C)CC1Cl. The van der Waals surface area contributed by atoms with Gasteiger partial charge < -0.3 is 9.47 Å². The third-order valence-electron chi connectivity index (χ3n) is 3.57. The number of rotatable bonds is 2. The molecule has 104 valence electrons. The molecule has 7 heteroatoms. The second-order valence-electron chi connectivity index (χ2n) is 4.98. The van der Waals surface area contributed by atoms with Crippen LogP contribution in [0.4, 0.5) is 5.69 Å². The Morgan fingerprint density at radius 2 is 2.26 bits per heavy atom. The van der Waals surface area contributed by atoms with Crippen molar-refractivity contribution in [1.82, 2.24) is 9.47 Å². The number of halogens is 1. The van der Waals surface area contributed by atoms with Gasteiger partial charge in [-0.15, -0.1) is 11.6 Å². The fourth-order valence-electron chi connectivity index (χ4n) is 2.23. The first-order valence-corrected chi connectivity index (χ1v) is 6.58. The first kappa shape index (κ1) is 13.9. The van der Waals surface area contributed by atoms with E-state index >= 15 is 0 Å². The zero-order valence-electron chi connectivity index (χ0n) is 10.9. The minimum atomic E-state index is -0.501. The molecule has 1 aromatic rings. The monoisotopic (exact) mass is 285 g/mol. The molecule has 1 saturated heterocycles. The van der Waals surface area contributed by atoms with E-state index in [4.69, 9.17) is 11.6 Å². The van der Waals surface area contributed by atoms with Crippen molar-refractivity contribution in [3.63, 3.8) is 0 Å². The van der Waals surface area contributed by atoms with Gasteiger partial charge in [-0.2, -0.15) is 0 Å². The predicted octanol–water partition coefficient (Wildman–Crippen LogP) is 2.02. The van der Waals surface area contributed by atoms with Gasteiger partial charge in [-0.25, -0.2) is 0 Å². The molecular weight excluding hydrogens is 270 g/mol. The van der Waals surface area contributed by atoms with E-state index in [1.165, 1.54) is 16.8 Å². The molecule has 1 aromatic heterocycles. The van der Waals surface area contributed by atoms with Crippen LogP contribution in [0.2, 0.25) is 0 Å². The highest BCUT2D eigenvalue weighted by atomic mass is 35.5. The van der Waals surface area contributed by atoms with Crippen LogP contribution in [0.3, 0.4) is 0 Å². The minimum absolute atomic E-state index is 0.0621. The molecule has 0 radical (unpaired) electrons. The smallest absolute Gasteiger partial charge is 0.287 e. The maximum Gasteiger partial charge on any atom is 0.287 e. The molecular formula is C12H16ClN3O3. The lowest BCUT2D eigenvalue weighted by molar-refractivity contribution is -0.384. The van der Waals surface area contributed by atoms with Crippen LogP contribution >= 0.6 is 11.6 Å². The Bertz CT molecular complexity index is 514. The van der Waals surface area contributed by atoms with Crippen molar-refractivity contribution >= 4 is 23.2 Å². The molecule has 6 nitrogen and oxygen atoms in total. The Kier molecular flexibility index (Phi) is 3.80. The number of piperidine rings is 1. The standard InChI is InChI=1S/C12H16ClN3O3/c1-8-3-4-15(7-10(8)13)12(17)11-5-9(16(18)19)6-14(11)2/h5-6,8,10H,3-4,7H2,1-2H3. The number of aromatic nitrogens is 1. The molecule has 0 aliphatic carbocycles. The second kappa shape index (κ2) is 5.21. The average Bonchev–Trinajstić information content (AvgIpc) is 2.74. The van der Waals surface area contributed by atoms with E-state index in [2.05, 4.69) is 6.92 Å². The van der Waals surface area contributed by atoms with Crippen LogP contribution in [0, 0.1) is 16.0 Å². The fraction of sp³-hybridized carbons (Fsp3) is 0.583. The summed E-state index contributed by atoms with van der Waals surface area (Å²) >= 11 is 6.18. The number of nitrogens with zero attached hydrogens (tertiary/aromatic N) is 3. The maximum absolute atomic E-state index is 12.3. The number of carbonyl (C=O) groups is 1. The molecule has 0 aromatic carbocycles. The van der Waals surface area contributed by atoms with Gasteiger partial charge in [0.1, 0.15) is 5.69 Å². The van der Waals surface area contributed by atoms with Gasteiger partial charge in [-0.1, -0.05) is 6.92 Å². The number of hydrogen-bond donors (Lipinski definition) is 0. The van der Waals surface area contributed by atoms with Crippen LogP contribution in [0.15, 0.2) is 12.3 Å². The number of alkyl halides is 1. The summed E-state index contributed by atoms with van der Waals surface area (Å²) in [5.74, 6) is 0.182. The fourth-order valence-corrected chi connectivity index (χ4v) is 2.52. The third-order valence-corrected chi connectivity index (χ3v) is 4.14. The van der Waals surface area contributed by atoms with E-state index in [-0.39, 0.29) is 17.0 Å². The Labute approximate surface area is 116 Å². The largest absolute Gasteiger partial charge is 0.340 e. The first-order valence-electron chi connectivity index (χ1n) is 6.14. The molecule has 0 saturated carbocycles. The van der Waals surface area contributed by atoms with Crippen LogP contribution < -0.4 is 0 Å². The summed E-state index contributed by atoms with van der Waals surface area (Å²) in [7, 11) is 1.63. The van der Waals surface area contributed by atoms with Gasteiger partial charge in [0.15, 0.2) is 0 Å². The van der Waals surface area contributed by atoms with Gasteiger partial charge in [-0.3, -0.25) is 14.9 Å². The van der Waals surface area contributed by atoms with Crippen LogP contribution in [-0.2, 0) is 7.05 Å². The van der Waals surface area contributed by atoms with E-state index in [9.17, 15) is 14.9 Å². The quantitative estimate of drug-likeness (QED) is 0.474. The van der Waals surface area contributed by atoms with Gasteiger partial charge in [0.2, 0.25) is 0 Å². The van der Waals surface area contributed by atoms with Crippen molar-refractivity contribution in [1.29, 1.82) is 0 Å². The highest BCUT2D eigenvalue weighted by molar-refractivity contribution is 6.21. The average molecular weight is 286 g/mol. The van der Waals surface area contributed by atoms with Crippen molar-refractivity contribution < 1.29 is 9.72 Å². The zero-order chi connectivity index (χ0) is 14.2. The summed E-state index contributed by atoms with van der Waals surface area (Å²) in [5.41, 5.74) is 0.253. The van der Waals surface area contributed by atoms with E-state index in [1.54, 1.807) is 11.9 Å². The maximum atomic E-state index is 12.3. The van der Waals surface area contributed by atoms with Crippen LogP contribution in [0.5, 0.6) is 0 Å². The normalized spacial score (nSPS) is 23.4. The number of hydrogen-bond acceptors (Lipinski definition) is 3. The number of carbonyl (C=O) groups excluding carboxylic acids is 1. The number of likely N-dealkylation sites (tertiary alicyclic amines) is 1. The Hall–Kier alpha value is -1.56. The Balaban J connectivity index is 2.18. The van der Waals surface area contributed by atoms with Crippen LogP contribution in [0.1, 0.15) is 23.8 Å². The van der Waals surface area contributed by atoms with E-state index in [0.29, 0.717) is 24.7 Å². The predicted molar refractivity (Wildman–Crippen MR) is 71.4 cm³/mol. The lowest BCUT2D eigenvalue weighted by Crippen LogP contribution is -2.44. The lowest BCUT2D eigenvalue weighted by Gasteiger charge is -2.33. The van der Waals surface area contributed by atoms with Crippen molar-refractivity contribution in [2.45, 2.75) is 18.7 Å². The van der Waals surface area contributed by atoms with Gasteiger partial charge in [0.05, 0.1) is 16.5 Å². The lowest BCUT2D eigenvalue weighted by atomic mass is 9.98. The third kappa shape index (κ3) is 2.73. The van der Waals surface area contributed by atoms with Crippen molar-refractivity contribution in [3.05, 3.63) is 28.1 Å². The highest BCUT2D eigenvalue weighted by Crippen LogP contribution is 2.24. The summed E-state index contributed by atoms with van der Waals surface area (Å²) in [5, 5.41) is 10.6. The van der Waals surface area contributed by atoms with E-state index in [0.717, 1.165) is 6.42 Å². The number of amides is 1. The molecule has 1 amide bonds. The van der Waals surface area contributed by atoms with Crippen molar-refractivity contribution in [2.24, 2.45) is 13.0 Å². The molecule has 2 rings (SSSR count). The van der Waals surface area contributed by atoms with Gasteiger partial charge in [0.25, 0.3) is 11.6 Å². The minimum Gasteiger partial charge on any atom is -0.340 e. The first-order chi connectivity index (χ1) is 8.90. The number of aryl methyl sites for hydroxylation is 1. The van der Waals surface area contributed by atoms with E-state index in [1.807, 2.05) is 0 Å². The molecule has 1 aliphatic heterocycles. The summed E-state index contributed by atoms with van der Waals surface area (Å²) in [6.45, 7) is 3.19. The highest BCUT2D eigenvalue weighted by Gasteiger charge is 2.29. The zero-order valence-corrected chi connectivity index (χ0v) is 11.6. The Morgan fingerprint density at radius 1 is 1.58 bits per heavy atom. The van der Waals surface area contributed by atoms with Gasteiger partial charge in [-0.05, 0) is 12.3 Å². The molecule has 2 heterocycles. The Morgan fingerprint density at radius 3 is 2.79 bits per heavy atom. The molecule has 0 spiro atoms. The van der Waals surface area contributed by atoms with Crippen LogP contribution in [-0.4, -0.2) is 38.8 Å². The van der Waals surface area contributed by atoms with E-state index < -0.39 is 4.92 Å². The van der Waals surface area contributed by atoms with Gasteiger partial charge in [0, 0.05) is 26.2 Å². The summed E-state index contributed by atoms with van der Waals surface area (Å²) < 4.78 is 1.49. The number of nitro groups is 1. The molecule has 1 aliphatic rings. The van der Waals surface area contributed by atoms with Crippen molar-refractivity contribution in [2.75, 3.05) is 13.1 Å². The molecule has 2 atom stereocenters. The summed E-state index contributed by atoms with van der Waals surface area (Å²) in [6.07, 6.45) is 2.20. The van der Waals surface area contributed by atoms with Crippen LogP contribution in [0.25, 0.3) is 0 Å². The topological polar surface area (TPSA) is 68.4 Å². The molecule has 0 bridgehead atoms.